The predicted molar refractivity (Wildman–Crippen MR) is 96.3 cm³/mol. The molecule has 0 bridgehead atoms. The summed E-state index contributed by atoms with van der Waals surface area (Å²) in [6.45, 7) is 4.97. The minimum absolute atomic E-state index is 0.0516. The molecule has 2 amide bonds. The Morgan fingerprint density at radius 3 is 2.71 bits per heavy atom. The molecule has 3 atom stereocenters. The minimum Gasteiger partial charge on any atom is -0.341 e. The number of piperidine rings is 1. The summed E-state index contributed by atoms with van der Waals surface area (Å²) in [7, 11) is 0. The first-order chi connectivity index (χ1) is 11.3. The quantitative estimate of drug-likeness (QED) is 0.853. The van der Waals surface area contributed by atoms with Gasteiger partial charge < -0.3 is 16.0 Å². The van der Waals surface area contributed by atoms with Gasteiger partial charge in [-0.25, -0.2) is 0 Å². The topological polar surface area (TPSA) is 75.4 Å². The van der Waals surface area contributed by atoms with Gasteiger partial charge in [-0.1, -0.05) is 29.3 Å². The van der Waals surface area contributed by atoms with E-state index < -0.39 is 11.9 Å². The molecule has 1 saturated heterocycles. The van der Waals surface area contributed by atoms with Crippen LogP contribution in [0.4, 0.5) is 0 Å². The Labute approximate surface area is 152 Å². The fourth-order valence-electron chi connectivity index (χ4n) is 2.93. The van der Waals surface area contributed by atoms with E-state index in [1.54, 1.807) is 30.0 Å². The van der Waals surface area contributed by atoms with E-state index in [0.29, 0.717) is 24.0 Å². The summed E-state index contributed by atoms with van der Waals surface area (Å²) in [5, 5.41) is 3.19. The van der Waals surface area contributed by atoms with Crippen molar-refractivity contribution in [2.45, 2.75) is 38.8 Å². The Bertz CT molecular complexity index is 622. The molecule has 0 saturated carbocycles. The molecule has 0 aliphatic carbocycles. The highest BCUT2D eigenvalue weighted by molar-refractivity contribution is 6.43. The number of hydrogen-bond acceptors (Lipinski definition) is 3. The maximum atomic E-state index is 12.6. The highest BCUT2D eigenvalue weighted by Crippen LogP contribution is 2.25. The summed E-state index contributed by atoms with van der Waals surface area (Å²) in [6.07, 6.45) is 1.96. The van der Waals surface area contributed by atoms with Gasteiger partial charge in [-0.2, -0.15) is 0 Å². The molecule has 1 aromatic carbocycles. The maximum absolute atomic E-state index is 12.6. The summed E-state index contributed by atoms with van der Waals surface area (Å²) in [5.41, 5.74) is 6.22. The Kier molecular flexibility index (Phi) is 6.49. The van der Waals surface area contributed by atoms with Crippen molar-refractivity contribution in [1.29, 1.82) is 0 Å². The van der Waals surface area contributed by atoms with Crippen LogP contribution >= 0.6 is 23.2 Å². The molecule has 7 heteroatoms. The van der Waals surface area contributed by atoms with Gasteiger partial charge >= 0.3 is 0 Å². The molecule has 1 fully saturated rings. The van der Waals surface area contributed by atoms with Crippen molar-refractivity contribution >= 4 is 35.0 Å². The van der Waals surface area contributed by atoms with Crippen LogP contribution in [0.5, 0.6) is 0 Å². The third-order valence-corrected chi connectivity index (χ3v) is 5.25. The zero-order chi connectivity index (χ0) is 17.9. The monoisotopic (exact) mass is 371 g/mol. The second-order valence-corrected chi connectivity index (χ2v) is 7.13. The minimum atomic E-state index is -0.639. The van der Waals surface area contributed by atoms with E-state index in [1.807, 2.05) is 6.92 Å². The molecule has 3 N–H and O–H groups in total. The second-order valence-electron chi connectivity index (χ2n) is 6.34. The molecule has 1 aliphatic heterocycles. The first-order valence-corrected chi connectivity index (χ1v) is 8.86. The van der Waals surface area contributed by atoms with Crippen LogP contribution in [0.15, 0.2) is 18.2 Å². The first-order valence-electron chi connectivity index (χ1n) is 8.10. The second kappa shape index (κ2) is 8.19. The largest absolute Gasteiger partial charge is 0.341 e. The lowest BCUT2D eigenvalue weighted by atomic mass is 9.92. The van der Waals surface area contributed by atoms with E-state index in [9.17, 15) is 9.59 Å². The van der Waals surface area contributed by atoms with Gasteiger partial charge in [0, 0.05) is 19.1 Å². The number of hydrogen-bond donors (Lipinski definition) is 2. The van der Waals surface area contributed by atoms with Gasteiger partial charge in [0.1, 0.15) is 6.04 Å². The fourth-order valence-corrected chi connectivity index (χ4v) is 3.31. The fraction of sp³-hybridized carbons (Fsp3) is 0.529. The van der Waals surface area contributed by atoms with Crippen molar-refractivity contribution in [3.05, 3.63) is 33.8 Å². The Balaban J connectivity index is 2.01. The third kappa shape index (κ3) is 4.41. The number of nitrogens with one attached hydrogen (secondary N) is 1. The first kappa shape index (κ1) is 19.0. The normalized spacial score (nSPS) is 20.4. The van der Waals surface area contributed by atoms with Crippen LogP contribution in [0.1, 0.15) is 37.0 Å². The summed E-state index contributed by atoms with van der Waals surface area (Å²) < 4.78 is 0. The highest BCUT2D eigenvalue weighted by Gasteiger charge is 2.29. The molecule has 2 rings (SSSR count). The maximum Gasteiger partial charge on any atom is 0.253 e. The Morgan fingerprint density at radius 1 is 1.33 bits per heavy atom. The van der Waals surface area contributed by atoms with E-state index in [4.69, 9.17) is 28.9 Å². The van der Waals surface area contributed by atoms with Gasteiger partial charge in [-0.05, 0) is 44.7 Å². The van der Waals surface area contributed by atoms with Crippen LogP contribution in [0, 0.1) is 5.92 Å². The molecule has 5 nitrogen and oxygen atoms in total. The highest BCUT2D eigenvalue weighted by atomic mass is 35.5. The lowest BCUT2D eigenvalue weighted by Gasteiger charge is -2.36. The molecule has 0 spiro atoms. The molecule has 1 aromatic rings. The average Bonchev–Trinajstić information content (AvgIpc) is 2.56. The van der Waals surface area contributed by atoms with Crippen LogP contribution in [0.25, 0.3) is 0 Å². The van der Waals surface area contributed by atoms with Gasteiger partial charge in [0.2, 0.25) is 5.91 Å². The van der Waals surface area contributed by atoms with Gasteiger partial charge in [-0.15, -0.1) is 0 Å². The van der Waals surface area contributed by atoms with Crippen molar-refractivity contribution in [2.24, 2.45) is 11.7 Å². The average molecular weight is 372 g/mol. The van der Waals surface area contributed by atoms with Crippen molar-refractivity contribution in [2.75, 3.05) is 13.1 Å². The number of nitrogens with zero attached hydrogens (tertiary/aromatic N) is 1. The number of benzene rings is 1. The lowest BCUT2D eigenvalue weighted by molar-refractivity contribution is -0.134. The van der Waals surface area contributed by atoms with Gasteiger partial charge in [0.15, 0.2) is 0 Å². The Morgan fingerprint density at radius 2 is 2.04 bits per heavy atom. The van der Waals surface area contributed by atoms with E-state index in [0.717, 1.165) is 12.8 Å². The lowest BCUT2D eigenvalue weighted by Crippen LogP contribution is -2.51. The number of likely N-dealkylation sites (tertiary alicyclic amines) is 1. The third-order valence-electron chi connectivity index (χ3n) is 4.43. The summed E-state index contributed by atoms with van der Waals surface area (Å²) >= 11 is 12.0. The molecule has 1 aliphatic rings. The number of nitrogens with two attached hydrogens (primary N) is 1. The zero-order valence-electron chi connectivity index (χ0n) is 13.9. The van der Waals surface area contributed by atoms with E-state index in [-0.39, 0.29) is 22.5 Å². The molecular formula is C17H23Cl2N3O2. The van der Waals surface area contributed by atoms with Crippen LogP contribution in [-0.4, -0.2) is 41.9 Å². The van der Waals surface area contributed by atoms with Gasteiger partial charge in [0.05, 0.1) is 15.6 Å². The summed E-state index contributed by atoms with van der Waals surface area (Å²) in [6, 6.07) is 4.24. The van der Waals surface area contributed by atoms with E-state index in [2.05, 4.69) is 5.32 Å². The van der Waals surface area contributed by atoms with Crippen LogP contribution < -0.4 is 11.1 Å². The predicted octanol–water partition coefficient (Wildman–Crippen LogP) is 2.70. The van der Waals surface area contributed by atoms with E-state index >= 15 is 0 Å². The molecule has 24 heavy (non-hydrogen) atoms. The number of rotatable bonds is 4. The molecule has 1 heterocycles. The van der Waals surface area contributed by atoms with Gasteiger partial charge in [-0.3, -0.25) is 9.59 Å². The summed E-state index contributed by atoms with van der Waals surface area (Å²) in [5.74, 6) is -0.219. The van der Waals surface area contributed by atoms with Gasteiger partial charge in [0.25, 0.3) is 5.91 Å². The standard InChI is InChI=1S/C17H23Cl2N3O2/c1-10(20)12-5-4-8-22(9-12)17(24)11(2)21-16(23)13-6-3-7-14(18)15(13)19/h3,6-7,10-12H,4-5,8-9,20H2,1-2H3,(H,21,23). The SMILES string of the molecule is CC(NC(=O)c1cccc(Cl)c1Cl)C(=O)N1CCCC(C(C)N)C1. The molecule has 0 aromatic heterocycles. The molecule has 0 radical (unpaired) electrons. The van der Waals surface area contributed by atoms with E-state index in [1.165, 1.54) is 0 Å². The van der Waals surface area contributed by atoms with Crippen LogP contribution in [0.3, 0.4) is 0 Å². The van der Waals surface area contributed by atoms with Crippen molar-refractivity contribution in [1.82, 2.24) is 10.2 Å². The molecular weight excluding hydrogens is 349 g/mol. The smallest absolute Gasteiger partial charge is 0.253 e. The van der Waals surface area contributed by atoms with Crippen molar-refractivity contribution in [3.63, 3.8) is 0 Å². The summed E-state index contributed by atoms with van der Waals surface area (Å²) in [4.78, 5) is 26.7. The van der Waals surface area contributed by atoms with Crippen molar-refractivity contribution in [3.8, 4) is 0 Å². The van der Waals surface area contributed by atoms with Crippen LogP contribution in [0.2, 0.25) is 10.0 Å². The zero-order valence-corrected chi connectivity index (χ0v) is 15.4. The Hall–Kier alpha value is -1.30. The number of halogens is 2. The van der Waals surface area contributed by atoms with Crippen molar-refractivity contribution < 1.29 is 9.59 Å². The van der Waals surface area contributed by atoms with Crippen LogP contribution in [-0.2, 0) is 4.79 Å². The number of amides is 2. The molecule has 3 unspecified atom stereocenters. The number of carbonyl (C=O) groups excluding carboxylic acids is 2. The molecule has 132 valence electrons. The number of carbonyl (C=O) groups is 2.